The zero-order valence-corrected chi connectivity index (χ0v) is 15.4. The normalized spacial score (nSPS) is 18.0. The number of benzene rings is 2. The fraction of sp³-hybridized carbons (Fsp3) is 0.273. The Morgan fingerprint density at radius 2 is 1.68 bits per heavy atom. The Bertz CT molecular complexity index is 1010. The van der Waals surface area contributed by atoms with E-state index in [0.717, 1.165) is 22.9 Å². The minimum atomic E-state index is -0.342. The third kappa shape index (κ3) is 3.91. The maximum atomic E-state index is 13.6. The van der Waals surface area contributed by atoms with Crippen LogP contribution in [0.3, 0.4) is 0 Å². The zero-order chi connectivity index (χ0) is 19.5. The molecule has 3 aromatic rings. The van der Waals surface area contributed by atoms with Crippen LogP contribution in [-0.2, 0) is 22.6 Å². The van der Waals surface area contributed by atoms with Crippen LogP contribution in [-0.4, -0.2) is 23.3 Å². The molecule has 0 saturated heterocycles. The number of halogens is 1. The van der Waals surface area contributed by atoms with Gasteiger partial charge in [-0.1, -0.05) is 36.4 Å². The standard InChI is InChI=1S/C22H22FN3O2/c23-19-7-3-1-5-15(19)13-26-22(28)18-11-17(18)21(27)24-10-9-14-12-25-20-8-4-2-6-16(14)20/h1-8,12,17-18,25H,9-11,13H2,(H,24,27)(H,26,28). The first-order chi connectivity index (χ1) is 13.6. The van der Waals surface area contributed by atoms with E-state index in [-0.39, 0.29) is 36.0 Å². The summed E-state index contributed by atoms with van der Waals surface area (Å²) in [5.41, 5.74) is 2.68. The number of carbonyl (C=O) groups excluding carboxylic acids is 2. The maximum absolute atomic E-state index is 13.6. The van der Waals surface area contributed by atoms with E-state index in [1.165, 1.54) is 6.07 Å². The lowest BCUT2D eigenvalue weighted by molar-refractivity contribution is -0.127. The summed E-state index contributed by atoms with van der Waals surface area (Å²) >= 11 is 0. The minimum absolute atomic E-state index is 0.0918. The van der Waals surface area contributed by atoms with Crippen molar-refractivity contribution in [2.24, 2.45) is 11.8 Å². The summed E-state index contributed by atoms with van der Waals surface area (Å²) in [6, 6.07) is 14.4. The molecule has 1 saturated carbocycles. The molecule has 2 amide bonds. The molecule has 1 aliphatic carbocycles. The number of carbonyl (C=O) groups is 2. The molecule has 0 aliphatic heterocycles. The van der Waals surface area contributed by atoms with Gasteiger partial charge in [-0.3, -0.25) is 9.59 Å². The van der Waals surface area contributed by atoms with Crippen LogP contribution in [0.4, 0.5) is 4.39 Å². The largest absolute Gasteiger partial charge is 0.361 e. The average Bonchev–Trinajstić information content (AvgIpc) is 3.42. The van der Waals surface area contributed by atoms with Gasteiger partial charge in [0.15, 0.2) is 0 Å². The number of aromatic amines is 1. The smallest absolute Gasteiger partial charge is 0.224 e. The highest BCUT2D eigenvalue weighted by atomic mass is 19.1. The second-order valence-corrected chi connectivity index (χ2v) is 7.16. The lowest BCUT2D eigenvalue weighted by atomic mass is 10.1. The van der Waals surface area contributed by atoms with Gasteiger partial charge in [0, 0.05) is 35.8 Å². The van der Waals surface area contributed by atoms with E-state index < -0.39 is 0 Å². The summed E-state index contributed by atoms with van der Waals surface area (Å²) in [4.78, 5) is 27.7. The molecule has 6 heteroatoms. The molecule has 0 spiro atoms. The van der Waals surface area contributed by atoms with Crippen molar-refractivity contribution in [1.29, 1.82) is 0 Å². The van der Waals surface area contributed by atoms with Crippen LogP contribution in [0.25, 0.3) is 10.9 Å². The first-order valence-electron chi connectivity index (χ1n) is 9.47. The summed E-state index contributed by atoms with van der Waals surface area (Å²) in [7, 11) is 0. The lowest BCUT2D eigenvalue weighted by Crippen LogP contribution is -2.31. The zero-order valence-electron chi connectivity index (χ0n) is 15.4. The second kappa shape index (κ2) is 7.84. The highest BCUT2D eigenvalue weighted by molar-refractivity contribution is 5.92. The molecule has 1 fully saturated rings. The molecular formula is C22H22FN3O2. The topological polar surface area (TPSA) is 74.0 Å². The fourth-order valence-electron chi connectivity index (χ4n) is 3.52. The molecule has 1 aliphatic rings. The van der Waals surface area contributed by atoms with Crippen molar-refractivity contribution in [1.82, 2.24) is 15.6 Å². The monoisotopic (exact) mass is 379 g/mol. The van der Waals surface area contributed by atoms with E-state index in [1.807, 2.05) is 24.4 Å². The predicted octanol–water partition coefficient (Wildman–Crippen LogP) is 2.92. The number of hydrogen-bond donors (Lipinski definition) is 3. The Morgan fingerprint density at radius 1 is 0.964 bits per heavy atom. The van der Waals surface area contributed by atoms with Crippen molar-refractivity contribution in [3.63, 3.8) is 0 Å². The molecule has 0 bridgehead atoms. The first kappa shape index (κ1) is 18.2. The predicted molar refractivity (Wildman–Crippen MR) is 105 cm³/mol. The van der Waals surface area contributed by atoms with Crippen LogP contribution in [0.1, 0.15) is 17.5 Å². The highest BCUT2D eigenvalue weighted by Crippen LogP contribution is 2.38. The van der Waals surface area contributed by atoms with Crippen LogP contribution >= 0.6 is 0 Å². The van der Waals surface area contributed by atoms with E-state index in [0.29, 0.717) is 18.5 Å². The Hall–Kier alpha value is -3.15. The number of aromatic nitrogens is 1. The van der Waals surface area contributed by atoms with Crippen molar-refractivity contribution in [3.8, 4) is 0 Å². The Morgan fingerprint density at radius 3 is 2.50 bits per heavy atom. The van der Waals surface area contributed by atoms with Gasteiger partial charge in [-0.15, -0.1) is 0 Å². The summed E-state index contributed by atoms with van der Waals surface area (Å²) in [5.74, 6) is -1.24. The molecule has 1 aromatic heterocycles. The fourth-order valence-corrected chi connectivity index (χ4v) is 3.52. The molecule has 144 valence electrons. The average molecular weight is 379 g/mol. The van der Waals surface area contributed by atoms with Crippen LogP contribution in [0.15, 0.2) is 54.7 Å². The van der Waals surface area contributed by atoms with Crippen LogP contribution in [0, 0.1) is 17.7 Å². The lowest BCUT2D eigenvalue weighted by Gasteiger charge is -2.07. The molecule has 2 aromatic carbocycles. The van der Waals surface area contributed by atoms with Gasteiger partial charge < -0.3 is 15.6 Å². The van der Waals surface area contributed by atoms with Crippen molar-refractivity contribution < 1.29 is 14.0 Å². The van der Waals surface area contributed by atoms with E-state index >= 15 is 0 Å². The van der Waals surface area contributed by atoms with Crippen molar-refractivity contribution in [3.05, 3.63) is 71.7 Å². The summed E-state index contributed by atoms with van der Waals surface area (Å²) in [6.45, 7) is 0.664. The molecular weight excluding hydrogens is 357 g/mol. The number of H-pyrrole nitrogens is 1. The van der Waals surface area contributed by atoms with Gasteiger partial charge in [0.05, 0.1) is 11.8 Å². The molecule has 28 heavy (non-hydrogen) atoms. The summed E-state index contributed by atoms with van der Waals surface area (Å²) in [6.07, 6.45) is 3.24. The summed E-state index contributed by atoms with van der Waals surface area (Å²) < 4.78 is 13.6. The number of para-hydroxylation sites is 1. The number of nitrogens with one attached hydrogen (secondary N) is 3. The Balaban J connectivity index is 1.22. The molecule has 5 nitrogen and oxygen atoms in total. The third-order valence-electron chi connectivity index (χ3n) is 5.24. The number of rotatable bonds is 7. The van der Waals surface area contributed by atoms with Gasteiger partial charge in [0.25, 0.3) is 0 Å². The molecule has 2 unspecified atom stereocenters. The van der Waals surface area contributed by atoms with E-state index in [1.54, 1.807) is 18.2 Å². The minimum Gasteiger partial charge on any atom is -0.361 e. The van der Waals surface area contributed by atoms with Gasteiger partial charge in [-0.2, -0.15) is 0 Å². The Kier molecular flexibility index (Phi) is 5.10. The highest BCUT2D eigenvalue weighted by Gasteiger charge is 2.47. The van der Waals surface area contributed by atoms with E-state index in [9.17, 15) is 14.0 Å². The number of amides is 2. The van der Waals surface area contributed by atoms with Crippen LogP contribution < -0.4 is 10.6 Å². The summed E-state index contributed by atoms with van der Waals surface area (Å²) in [5, 5.41) is 6.81. The second-order valence-electron chi connectivity index (χ2n) is 7.16. The molecule has 4 rings (SSSR count). The quantitative estimate of drug-likeness (QED) is 0.591. The van der Waals surface area contributed by atoms with Gasteiger partial charge in [-0.05, 0) is 30.5 Å². The molecule has 2 atom stereocenters. The molecule has 0 radical (unpaired) electrons. The van der Waals surface area contributed by atoms with Crippen LogP contribution in [0.5, 0.6) is 0 Å². The van der Waals surface area contributed by atoms with Gasteiger partial charge in [0.1, 0.15) is 5.82 Å². The number of hydrogen-bond acceptors (Lipinski definition) is 2. The third-order valence-corrected chi connectivity index (χ3v) is 5.24. The van der Waals surface area contributed by atoms with Crippen molar-refractivity contribution in [2.45, 2.75) is 19.4 Å². The van der Waals surface area contributed by atoms with Gasteiger partial charge >= 0.3 is 0 Å². The van der Waals surface area contributed by atoms with E-state index in [2.05, 4.69) is 21.7 Å². The van der Waals surface area contributed by atoms with Gasteiger partial charge in [0.2, 0.25) is 11.8 Å². The van der Waals surface area contributed by atoms with Gasteiger partial charge in [-0.25, -0.2) is 4.39 Å². The Labute approximate surface area is 162 Å². The SMILES string of the molecule is O=C(NCCc1c[nH]c2ccccc12)C1CC1C(=O)NCc1ccccc1F. The maximum Gasteiger partial charge on any atom is 0.224 e. The van der Waals surface area contributed by atoms with Crippen LogP contribution in [0.2, 0.25) is 0 Å². The molecule has 1 heterocycles. The molecule has 3 N–H and O–H groups in total. The number of fused-ring (bicyclic) bond motifs is 1. The van der Waals surface area contributed by atoms with E-state index in [4.69, 9.17) is 0 Å². The first-order valence-corrected chi connectivity index (χ1v) is 9.47. The van der Waals surface area contributed by atoms with Crippen molar-refractivity contribution >= 4 is 22.7 Å². The van der Waals surface area contributed by atoms with Crippen molar-refractivity contribution in [2.75, 3.05) is 6.54 Å².